The Morgan fingerprint density at radius 2 is 1.79 bits per heavy atom. The second kappa shape index (κ2) is 10.4. The summed E-state index contributed by atoms with van der Waals surface area (Å²) in [6, 6.07) is 19.1. The van der Waals surface area contributed by atoms with E-state index in [1.807, 2.05) is 43.3 Å². The third kappa shape index (κ3) is 5.37. The standard InChI is InChI=1S/C31H37FN2O3S/c1-21-9-12-23(13-10-21)38(35,36)34-17-15-25-29(20-37-18-16-31(2,3)4)33-28-14-11-22(19-26(28)30(25)34)24-7-5-6-8-27(24)32/h5-14,19,25,29-30,33H,15-18,20H2,1-4H3/t25-,29+,30?/m1/s1. The molecule has 7 heteroatoms. The van der Waals surface area contributed by atoms with Gasteiger partial charge in [0.2, 0.25) is 10.0 Å². The van der Waals surface area contributed by atoms with E-state index in [-0.39, 0.29) is 29.2 Å². The predicted molar refractivity (Wildman–Crippen MR) is 150 cm³/mol. The van der Waals surface area contributed by atoms with Crippen LogP contribution >= 0.6 is 0 Å². The smallest absolute Gasteiger partial charge is 0.243 e. The number of anilines is 1. The Labute approximate surface area is 226 Å². The van der Waals surface area contributed by atoms with Crippen LogP contribution in [-0.4, -0.2) is 38.5 Å². The molecule has 2 aliphatic heterocycles. The van der Waals surface area contributed by atoms with E-state index in [0.717, 1.165) is 35.2 Å². The minimum absolute atomic E-state index is 0.0232. The van der Waals surface area contributed by atoms with E-state index in [1.165, 1.54) is 6.07 Å². The molecule has 2 heterocycles. The van der Waals surface area contributed by atoms with E-state index < -0.39 is 10.0 Å². The molecule has 1 fully saturated rings. The Morgan fingerprint density at radius 3 is 2.50 bits per heavy atom. The Kier molecular flexibility index (Phi) is 7.37. The van der Waals surface area contributed by atoms with E-state index in [1.54, 1.807) is 28.6 Å². The van der Waals surface area contributed by atoms with E-state index in [2.05, 4.69) is 26.1 Å². The van der Waals surface area contributed by atoms with Crippen LogP contribution in [0.2, 0.25) is 0 Å². The average Bonchev–Trinajstić information content (AvgIpc) is 3.33. The maximum absolute atomic E-state index is 14.7. The monoisotopic (exact) mass is 536 g/mol. The largest absolute Gasteiger partial charge is 0.379 e. The third-order valence-electron chi connectivity index (χ3n) is 7.73. The molecule has 1 unspecified atom stereocenters. The van der Waals surface area contributed by atoms with Crippen molar-refractivity contribution >= 4 is 15.7 Å². The van der Waals surface area contributed by atoms with Crippen molar-refractivity contribution in [3.05, 3.63) is 83.7 Å². The van der Waals surface area contributed by atoms with Crippen molar-refractivity contribution in [3.63, 3.8) is 0 Å². The van der Waals surface area contributed by atoms with Gasteiger partial charge < -0.3 is 10.1 Å². The zero-order valence-corrected chi connectivity index (χ0v) is 23.4. The van der Waals surface area contributed by atoms with Crippen LogP contribution in [0.5, 0.6) is 0 Å². The zero-order valence-electron chi connectivity index (χ0n) is 22.6. The summed E-state index contributed by atoms with van der Waals surface area (Å²) < 4.78 is 50.3. The lowest BCUT2D eigenvalue weighted by Gasteiger charge is -2.39. The van der Waals surface area contributed by atoms with Gasteiger partial charge in [0.25, 0.3) is 0 Å². The second-order valence-electron chi connectivity index (χ2n) is 11.7. The van der Waals surface area contributed by atoms with Crippen LogP contribution in [-0.2, 0) is 14.8 Å². The highest BCUT2D eigenvalue weighted by atomic mass is 32.2. The summed E-state index contributed by atoms with van der Waals surface area (Å²) in [4.78, 5) is 0.298. The van der Waals surface area contributed by atoms with E-state index >= 15 is 0 Å². The van der Waals surface area contributed by atoms with Gasteiger partial charge in [-0.1, -0.05) is 62.7 Å². The molecule has 3 atom stereocenters. The number of aryl methyl sites for hydroxylation is 1. The number of nitrogens with zero attached hydrogens (tertiary/aromatic N) is 1. The van der Waals surface area contributed by atoms with E-state index in [0.29, 0.717) is 30.2 Å². The summed E-state index contributed by atoms with van der Waals surface area (Å²) in [5, 5.41) is 3.64. The molecule has 0 radical (unpaired) electrons. The van der Waals surface area contributed by atoms with Crippen LogP contribution in [0.3, 0.4) is 0 Å². The van der Waals surface area contributed by atoms with Crippen molar-refractivity contribution in [1.82, 2.24) is 4.31 Å². The molecule has 0 spiro atoms. The van der Waals surface area contributed by atoms with Gasteiger partial charge in [-0.2, -0.15) is 4.31 Å². The molecule has 0 saturated carbocycles. The first-order chi connectivity index (χ1) is 18.0. The lowest BCUT2D eigenvalue weighted by molar-refractivity contribution is 0.0845. The maximum atomic E-state index is 14.7. The summed E-state index contributed by atoms with van der Waals surface area (Å²) in [6.45, 7) is 10.1. The number of hydrogen-bond acceptors (Lipinski definition) is 4. The highest BCUT2D eigenvalue weighted by Crippen LogP contribution is 2.49. The Morgan fingerprint density at radius 1 is 1.05 bits per heavy atom. The number of hydrogen-bond donors (Lipinski definition) is 1. The highest BCUT2D eigenvalue weighted by Gasteiger charge is 2.48. The Balaban J connectivity index is 1.52. The Bertz CT molecular complexity index is 1400. The van der Waals surface area contributed by atoms with Crippen molar-refractivity contribution in [2.24, 2.45) is 11.3 Å². The molecule has 5 rings (SSSR count). The highest BCUT2D eigenvalue weighted by molar-refractivity contribution is 7.89. The van der Waals surface area contributed by atoms with E-state index in [4.69, 9.17) is 4.74 Å². The van der Waals surface area contributed by atoms with Crippen molar-refractivity contribution in [3.8, 4) is 11.1 Å². The van der Waals surface area contributed by atoms with Crippen LogP contribution in [0, 0.1) is 24.1 Å². The van der Waals surface area contributed by atoms with Gasteiger partial charge in [0.1, 0.15) is 5.82 Å². The van der Waals surface area contributed by atoms with Crippen molar-refractivity contribution in [2.75, 3.05) is 25.1 Å². The normalized spacial score (nSPS) is 21.6. The van der Waals surface area contributed by atoms with Crippen molar-refractivity contribution < 1.29 is 17.5 Å². The van der Waals surface area contributed by atoms with Gasteiger partial charge >= 0.3 is 0 Å². The molecular weight excluding hydrogens is 499 g/mol. The molecule has 3 aromatic rings. The second-order valence-corrected chi connectivity index (χ2v) is 13.6. The molecule has 0 aliphatic carbocycles. The van der Waals surface area contributed by atoms with Gasteiger partial charge in [-0.3, -0.25) is 0 Å². The van der Waals surface area contributed by atoms with Gasteiger partial charge in [0.15, 0.2) is 0 Å². The number of rotatable bonds is 7. The first-order valence-electron chi connectivity index (χ1n) is 13.4. The molecule has 0 bridgehead atoms. The fourth-order valence-electron chi connectivity index (χ4n) is 5.57. The fraction of sp³-hybridized carbons (Fsp3) is 0.419. The number of sulfonamides is 1. The van der Waals surface area contributed by atoms with Crippen molar-refractivity contribution in [2.45, 2.75) is 57.5 Å². The first kappa shape index (κ1) is 26.9. The van der Waals surface area contributed by atoms with Crippen LogP contribution in [0.4, 0.5) is 10.1 Å². The van der Waals surface area contributed by atoms with Crippen LogP contribution in [0.15, 0.2) is 71.6 Å². The van der Waals surface area contributed by atoms with Crippen LogP contribution < -0.4 is 5.32 Å². The molecule has 0 amide bonds. The molecule has 1 saturated heterocycles. The number of halogens is 1. The van der Waals surface area contributed by atoms with E-state index in [9.17, 15) is 12.8 Å². The molecule has 1 N–H and O–H groups in total. The van der Waals surface area contributed by atoms with Gasteiger partial charge in [-0.05, 0) is 66.6 Å². The van der Waals surface area contributed by atoms with Crippen LogP contribution in [0.1, 0.15) is 50.8 Å². The fourth-order valence-corrected chi connectivity index (χ4v) is 7.24. The van der Waals surface area contributed by atoms with Gasteiger partial charge in [0, 0.05) is 30.3 Å². The quantitative estimate of drug-likeness (QED) is 0.338. The van der Waals surface area contributed by atoms with Gasteiger partial charge in [0.05, 0.1) is 23.6 Å². The molecular formula is C31H37FN2O3S. The Hall–Kier alpha value is -2.74. The number of nitrogens with one attached hydrogen (secondary N) is 1. The molecule has 3 aromatic carbocycles. The topological polar surface area (TPSA) is 58.6 Å². The number of fused-ring (bicyclic) bond motifs is 3. The lowest BCUT2D eigenvalue weighted by Crippen LogP contribution is -2.43. The predicted octanol–water partition coefficient (Wildman–Crippen LogP) is 6.80. The summed E-state index contributed by atoms with van der Waals surface area (Å²) in [6.07, 6.45) is 1.67. The first-order valence-corrected chi connectivity index (χ1v) is 14.8. The summed E-state index contributed by atoms with van der Waals surface area (Å²) in [5.41, 5.74) is 4.20. The summed E-state index contributed by atoms with van der Waals surface area (Å²) in [5.74, 6) is -0.262. The number of ether oxygens (including phenoxy) is 1. The van der Waals surface area contributed by atoms with Crippen molar-refractivity contribution in [1.29, 1.82) is 0 Å². The minimum Gasteiger partial charge on any atom is -0.379 e. The molecule has 38 heavy (non-hydrogen) atoms. The lowest BCUT2D eigenvalue weighted by atomic mass is 9.82. The molecule has 202 valence electrons. The summed E-state index contributed by atoms with van der Waals surface area (Å²) >= 11 is 0. The van der Waals surface area contributed by atoms with Crippen LogP contribution in [0.25, 0.3) is 11.1 Å². The molecule has 0 aromatic heterocycles. The zero-order chi connectivity index (χ0) is 27.1. The summed E-state index contributed by atoms with van der Waals surface area (Å²) in [7, 11) is -3.73. The van der Waals surface area contributed by atoms with Gasteiger partial charge in [-0.15, -0.1) is 0 Å². The SMILES string of the molecule is Cc1ccc(S(=O)(=O)N2CC[C@H]3C2c2cc(-c4ccccc4F)ccc2N[C@H]3COCCC(C)(C)C)cc1. The average molecular weight is 537 g/mol. The number of benzene rings is 3. The molecule has 2 aliphatic rings. The molecule has 5 nitrogen and oxygen atoms in total. The maximum Gasteiger partial charge on any atom is 0.243 e. The minimum atomic E-state index is -3.73. The van der Waals surface area contributed by atoms with Gasteiger partial charge in [-0.25, -0.2) is 12.8 Å². The third-order valence-corrected chi connectivity index (χ3v) is 9.63.